The Morgan fingerprint density at radius 2 is 1.68 bits per heavy atom. The first-order valence-electron chi connectivity index (χ1n) is 8.20. The SMILES string of the molecule is CCCCCCCCOC(=O)N[C@@H](CC(=O)O)C[N+](C)(C)C. The third-order valence-corrected chi connectivity index (χ3v) is 3.24. The van der Waals surface area contributed by atoms with Crippen LogP contribution in [0.3, 0.4) is 0 Å². The molecule has 0 spiro atoms. The normalized spacial score (nSPS) is 12.7. The maximum atomic E-state index is 11.7. The van der Waals surface area contributed by atoms with Crippen LogP contribution < -0.4 is 5.32 Å². The van der Waals surface area contributed by atoms with Crippen molar-refractivity contribution in [1.29, 1.82) is 0 Å². The first-order chi connectivity index (χ1) is 10.2. The summed E-state index contributed by atoms with van der Waals surface area (Å²) in [6, 6.07) is -0.422. The minimum absolute atomic E-state index is 0.0956. The molecule has 130 valence electrons. The first-order valence-corrected chi connectivity index (χ1v) is 8.20. The van der Waals surface area contributed by atoms with Crippen LogP contribution in [0.4, 0.5) is 4.79 Å². The van der Waals surface area contributed by atoms with Gasteiger partial charge in [0.1, 0.15) is 0 Å². The predicted octanol–water partition coefficient (Wildman–Crippen LogP) is 2.62. The number of alkyl carbamates (subject to hydrolysis) is 1. The molecular weight excluding hydrogens is 284 g/mol. The highest BCUT2D eigenvalue weighted by atomic mass is 16.5. The molecule has 0 aromatic rings. The van der Waals surface area contributed by atoms with Crippen molar-refractivity contribution in [3.8, 4) is 0 Å². The molecule has 0 aromatic carbocycles. The molecule has 1 atom stereocenters. The number of ether oxygens (including phenoxy) is 1. The lowest BCUT2D eigenvalue weighted by Crippen LogP contribution is -2.49. The van der Waals surface area contributed by atoms with Crippen LogP contribution in [0.2, 0.25) is 0 Å². The van der Waals surface area contributed by atoms with Crippen molar-refractivity contribution >= 4 is 12.1 Å². The Morgan fingerprint density at radius 1 is 1.09 bits per heavy atom. The molecule has 0 aromatic heterocycles. The molecule has 0 rings (SSSR count). The van der Waals surface area contributed by atoms with Crippen LogP contribution in [0.25, 0.3) is 0 Å². The summed E-state index contributed by atoms with van der Waals surface area (Å²) in [5, 5.41) is 11.6. The molecule has 2 N–H and O–H groups in total. The number of quaternary nitrogens is 1. The summed E-state index contributed by atoms with van der Waals surface area (Å²) in [6.45, 7) is 3.11. The molecule has 6 heteroatoms. The number of nitrogens with one attached hydrogen (secondary N) is 1. The number of amides is 1. The number of hydrogen-bond acceptors (Lipinski definition) is 3. The Bertz CT molecular complexity index is 327. The fourth-order valence-electron chi connectivity index (χ4n) is 2.29. The van der Waals surface area contributed by atoms with E-state index in [1.54, 1.807) is 0 Å². The minimum Gasteiger partial charge on any atom is -0.481 e. The van der Waals surface area contributed by atoms with Crippen molar-refractivity contribution in [2.45, 2.75) is 57.9 Å². The second-order valence-corrected chi connectivity index (χ2v) is 6.82. The second kappa shape index (κ2) is 11.3. The van der Waals surface area contributed by atoms with E-state index in [4.69, 9.17) is 9.84 Å². The zero-order valence-corrected chi connectivity index (χ0v) is 14.6. The number of unbranched alkanes of at least 4 members (excludes halogenated alkanes) is 5. The zero-order valence-electron chi connectivity index (χ0n) is 14.6. The zero-order chi connectivity index (χ0) is 17.0. The number of aliphatic carboxylic acids is 1. The molecular formula is C16H33N2O4+. The molecule has 0 radical (unpaired) electrons. The van der Waals surface area contributed by atoms with Gasteiger partial charge in [-0.3, -0.25) is 4.79 Å². The van der Waals surface area contributed by atoms with Gasteiger partial charge in [0.25, 0.3) is 0 Å². The molecule has 0 bridgehead atoms. The Morgan fingerprint density at radius 3 is 2.23 bits per heavy atom. The summed E-state index contributed by atoms with van der Waals surface area (Å²) < 4.78 is 5.70. The van der Waals surface area contributed by atoms with E-state index >= 15 is 0 Å². The van der Waals surface area contributed by atoms with Crippen molar-refractivity contribution in [3.05, 3.63) is 0 Å². The quantitative estimate of drug-likeness (QED) is 0.428. The summed E-state index contributed by atoms with van der Waals surface area (Å²) in [7, 11) is 5.87. The highest BCUT2D eigenvalue weighted by molar-refractivity contribution is 5.71. The number of rotatable bonds is 12. The van der Waals surface area contributed by atoms with Gasteiger partial charge in [-0.05, 0) is 6.42 Å². The van der Waals surface area contributed by atoms with Crippen LogP contribution in [-0.2, 0) is 9.53 Å². The third-order valence-electron chi connectivity index (χ3n) is 3.24. The molecule has 0 fully saturated rings. The fourth-order valence-corrected chi connectivity index (χ4v) is 2.29. The van der Waals surface area contributed by atoms with Gasteiger partial charge in [0.05, 0.1) is 46.8 Å². The average molecular weight is 317 g/mol. The van der Waals surface area contributed by atoms with E-state index in [9.17, 15) is 9.59 Å². The van der Waals surface area contributed by atoms with E-state index in [0.29, 0.717) is 17.6 Å². The maximum absolute atomic E-state index is 11.7. The largest absolute Gasteiger partial charge is 0.481 e. The molecule has 0 saturated carbocycles. The first kappa shape index (κ1) is 20.7. The topological polar surface area (TPSA) is 75.6 Å². The lowest BCUT2D eigenvalue weighted by molar-refractivity contribution is -0.871. The van der Waals surface area contributed by atoms with Crippen LogP contribution in [0.15, 0.2) is 0 Å². The van der Waals surface area contributed by atoms with Crippen LogP contribution >= 0.6 is 0 Å². The van der Waals surface area contributed by atoms with Gasteiger partial charge in [-0.15, -0.1) is 0 Å². The van der Waals surface area contributed by atoms with Crippen LogP contribution in [0.1, 0.15) is 51.9 Å². The second-order valence-electron chi connectivity index (χ2n) is 6.82. The van der Waals surface area contributed by atoms with E-state index in [0.717, 1.165) is 12.8 Å². The van der Waals surface area contributed by atoms with Gasteiger partial charge in [0, 0.05) is 0 Å². The average Bonchev–Trinajstić information content (AvgIpc) is 2.34. The van der Waals surface area contributed by atoms with E-state index in [1.165, 1.54) is 25.7 Å². The molecule has 6 nitrogen and oxygen atoms in total. The smallest absolute Gasteiger partial charge is 0.407 e. The number of likely N-dealkylation sites (N-methyl/N-ethyl adjacent to an activating group) is 1. The fraction of sp³-hybridized carbons (Fsp3) is 0.875. The van der Waals surface area contributed by atoms with Gasteiger partial charge in [0.15, 0.2) is 0 Å². The van der Waals surface area contributed by atoms with Gasteiger partial charge < -0.3 is 19.6 Å². The van der Waals surface area contributed by atoms with Gasteiger partial charge in [0.2, 0.25) is 0 Å². The molecule has 22 heavy (non-hydrogen) atoms. The van der Waals surface area contributed by atoms with Crippen molar-refractivity contribution < 1.29 is 23.9 Å². The van der Waals surface area contributed by atoms with Crippen molar-refractivity contribution in [2.75, 3.05) is 34.3 Å². The highest BCUT2D eigenvalue weighted by Gasteiger charge is 2.23. The summed E-state index contributed by atoms with van der Waals surface area (Å²) in [4.78, 5) is 22.6. The Kier molecular flexibility index (Phi) is 10.6. The molecule has 0 unspecified atom stereocenters. The Hall–Kier alpha value is -1.30. The molecule has 0 heterocycles. The molecule has 0 aliphatic carbocycles. The number of carboxylic acid groups (broad SMARTS) is 1. The standard InChI is InChI=1S/C16H32N2O4/c1-5-6-7-8-9-10-11-22-16(21)17-14(12-15(19)20)13-18(2,3)4/h14H,5-13H2,1-4H3,(H-,17,19,20,21)/p+1/t14-/m0/s1. The van der Waals surface area contributed by atoms with Crippen LogP contribution in [0.5, 0.6) is 0 Å². The van der Waals surface area contributed by atoms with Gasteiger partial charge in [-0.2, -0.15) is 0 Å². The van der Waals surface area contributed by atoms with Crippen LogP contribution in [0, 0.1) is 0 Å². The number of hydrogen-bond donors (Lipinski definition) is 2. The van der Waals surface area contributed by atoms with Gasteiger partial charge in [-0.25, -0.2) is 4.79 Å². The number of carbonyl (C=O) groups excluding carboxylic acids is 1. The lowest BCUT2D eigenvalue weighted by atomic mass is 10.1. The van der Waals surface area contributed by atoms with Crippen molar-refractivity contribution in [1.82, 2.24) is 5.32 Å². The minimum atomic E-state index is -0.922. The summed E-state index contributed by atoms with van der Waals surface area (Å²) in [5.74, 6) is -0.922. The van der Waals surface area contributed by atoms with E-state index < -0.39 is 18.1 Å². The van der Waals surface area contributed by atoms with Crippen LogP contribution in [-0.4, -0.2) is 62.0 Å². The number of nitrogens with zero attached hydrogens (tertiary/aromatic N) is 1. The van der Waals surface area contributed by atoms with Crippen molar-refractivity contribution in [3.63, 3.8) is 0 Å². The maximum Gasteiger partial charge on any atom is 0.407 e. The van der Waals surface area contributed by atoms with Gasteiger partial charge >= 0.3 is 12.1 Å². The monoisotopic (exact) mass is 317 g/mol. The summed E-state index contributed by atoms with van der Waals surface area (Å²) in [6.07, 6.45) is 6.17. The Balaban J connectivity index is 3.94. The molecule has 1 amide bonds. The summed E-state index contributed by atoms with van der Waals surface area (Å²) >= 11 is 0. The van der Waals surface area contributed by atoms with E-state index in [1.807, 2.05) is 21.1 Å². The number of carbonyl (C=O) groups is 2. The van der Waals surface area contributed by atoms with Gasteiger partial charge in [-0.1, -0.05) is 39.0 Å². The van der Waals surface area contributed by atoms with Crippen molar-refractivity contribution in [2.24, 2.45) is 0 Å². The summed E-state index contributed by atoms with van der Waals surface area (Å²) in [5.41, 5.74) is 0. The highest BCUT2D eigenvalue weighted by Crippen LogP contribution is 2.05. The third kappa shape index (κ3) is 13.7. The number of carboxylic acids is 1. The Labute approximate surface area is 134 Å². The molecule has 0 saturated heterocycles. The molecule has 0 aliphatic heterocycles. The molecule has 0 aliphatic rings. The van der Waals surface area contributed by atoms with E-state index in [-0.39, 0.29) is 6.42 Å². The van der Waals surface area contributed by atoms with E-state index in [2.05, 4.69) is 12.2 Å². The lowest BCUT2D eigenvalue weighted by Gasteiger charge is -2.28. The predicted molar refractivity (Wildman–Crippen MR) is 86.8 cm³/mol.